The molecule has 0 fully saturated rings. The first kappa shape index (κ1) is 25.3. The number of anilines is 2. The van der Waals surface area contributed by atoms with E-state index in [2.05, 4.69) is 5.32 Å². The van der Waals surface area contributed by atoms with E-state index in [0.717, 1.165) is 27.5 Å². The van der Waals surface area contributed by atoms with Gasteiger partial charge in [0.05, 0.1) is 4.99 Å². The third kappa shape index (κ3) is 4.94. The van der Waals surface area contributed by atoms with Crippen LogP contribution in [0, 0.1) is 5.92 Å². The molecular weight excluding hydrogens is 500 g/mol. The lowest BCUT2D eigenvalue weighted by Crippen LogP contribution is -2.40. The first-order chi connectivity index (χ1) is 17.9. The number of fused-ring (bicyclic) bond motifs is 2. The molecule has 2 aromatic carbocycles. The monoisotopic (exact) mass is 529 g/mol. The number of nitrogens with one attached hydrogen (secondary N) is 1. The summed E-state index contributed by atoms with van der Waals surface area (Å²) >= 11 is 0. The number of rotatable bonds is 8. The maximum Gasteiger partial charge on any atom is 0.324 e. The number of hydrogen-bond acceptors (Lipinski definition) is 7. The van der Waals surface area contributed by atoms with Gasteiger partial charge in [-0.1, -0.05) is 12.1 Å². The van der Waals surface area contributed by atoms with E-state index >= 15 is 0 Å². The molecule has 3 atom stereocenters. The van der Waals surface area contributed by atoms with Gasteiger partial charge in [-0.15, -0.1) is 10.5 Å². The number of halogens is 2. The molecule has 0 spiro atoms. The van der Waals surface area contributed by atoms with Crippen molar-refractivity contribution in [1.29, 1.82) is 0 Å². The average Bonchev–Trinajstić information content (AvgIpc) is 3.36. The Bertz CT molecular complexity index is 1300. The summed E-state index contributed by atoms with van der Waals surface area (Å²) in [7, 11) is 2.90. The molecule has 0 aromatic heterocycles. The van der Waals surface area contributed by atoms with Crippen molar-refractivity contribution in [1.82, 2.24) is 5.32 Å². The maximum absolute atomic E-state index is 13.1. The van der Waals surface area contributed by atoms with Gasteiger partial charge in [0.1, 0.15) is 36.0 Å². The van der Waals surface area contributed by atoms with Crippen LogP contribution in [0.5, 0.6) is 11.5 Å². The molecule has 37 heavy (non-hydrogen) atoms. The molecule has 7 nitrogen and oxygen atoms in total. The zero-order valence-electron chi connectivity index (χ0n) is 20.7. The third-order valence-electron chi connectivity index (χ3n) is 6.94. The van der Waals surface area contributed by atoms with Gasteiger partial charge in [0.15, 0.2) is 0 Å². The number of esters is 2. The standard InChI is InChI=1S/C27H29F2N3O4S/c1-31(10-7-28)19-5-3-17-13-21(26(33)35-22(17)15-19)25-30-9-12-37(25)24-14-18-4-6-20(32(2)11-8-29)16-23(18)36-27(24)34/h3-6,9,12,15-16,21,24,30H,7-8,10-11,13-14H2,1-2H3. The van der Waals surface area contributed by atoms with Crippen molar-refractivity contribution in [3.63, 3.8) is 0 Å². The Morgan fingerprint density at radius 3 is 2.05 bits per heavy atom. The summed E-state index contributed by atoms with van der Waals surface area (Å²) in [5.41, 5.74) is 3.34. The fourth-order valence-electron chi connectivity index (χ4n) is 4.78. The number of hydrogen-bond donors (Lipinski definition) is 1. The van der Waals surface area contributed by atoms with E-state index in [-0.39, 0.29) is 25.0 Å². The van der Waals surface area contributed by atoms with Crippen molar-refractivity contribution in [2.75, 3.05) is 50.3 Å². The Labute approximate surface area is 217 Å². The summed E-state index contributed by atoms with van der Waals surface area (Å²) in [5.74, 6) is -0.310. The lowest BCUT2D eigenvalue weighted by molar-refractivity contribution is -0.138. The third-order valence-corrected chi connectivity index (χ3v) is 9.25. The number of nitrogens with zero attached hydrogens (tertiary/aromatic N) is 2. The van der Waals surface area contributed by atoms with E-state index in [4.69, 9.17) is 9.47 Å². The number of ether oxygens (including phenoxy) is 2. The maximum atomic E-state index is 13.1. The number of alkyl halides is 2. The highest BCUT2D eigenvalue weighted by Gasteiger charge is 2.39. The molecule has 3 unspecified atom stereocenters. The van der Waals surface area contributed by atoms with Crippen LogP contribution in [0.25, 0.3) is 0 Å². The zero-order chi connectivity index (χ0) is 26.1. The largest absolute Gasteiger partial charge is 0.426 e. The molecule has 0 radical (unpaired) electrons. The predicted molar refractivity (Wildman–Crippen MR) is 142 cm³/mol. The van der Waals surface area contributed by atoms with Crippen molar-refractivity contribution in [3.05, 3.63) is 59.1 Å². The van der Waals surface area contributed by atoms with Crippen LogP contribution in [0.1, 0.15) is 11.1 Å². The summed E-state index contributed by atoms with van der Waals surface area (Å²) < 4.78 is 36.9. The Morgan fingerprint density at radius 1 is 0.892 bits per heavy atom. The van der Waals surface area contributed by atoms with Crippen molar-refractivity contribution in [3.8, 4) is 11.5 Å². The summed E-state index contributed by atoms with van der Waals surface area (Å²) in [5, 5.41) is 4.67. The second-order valence-electron chi connectivity index (χ2n) is 9.28. The molecular formula is C27H29F2N3O4S. The molecule has 0 amide bonds. The van der Waals surface area contributed by atoms with Gasteiger partial charge in [-0.2, -0.15) is 0 Å². The topological polar surface area (TPSA) is 71.1 Å². The Morgan fingerprint density at radius 2 is 1.46 bits per heavy atom. The van der Waals surface area contributed by atoms with Crippen molar-refractivity contribution in [2.45, 2.75) is 18.1 Å². The van der Waals surface area contributed by atoms with Crippen LogP contribution < -0.4 is 24.6 Å². The molecule has 3 aliphatic heterocycles. The van der Waals surface area contributed by atoms with E-state index < -0.39 is 35.0 Å². The van der Waals surface area contributed by atoms with Gasteiger partial charge in [-0.05, 0) is 41.5 Å². The summed E-state index contributed by atoms with van der Waals surface area (Å²) in [6, 6.07) is 11.1. The second kappa shape index (κ2) is 10.5. The Kier molecular flexibility index (Phi) is 7.19. The van der Waals surface area contributed by atoms with Crippen LogP contribution in [0.2, 0.25) is 0 Å². The zero-order valence-corrected chi connectivity index (χ0v) is 21.5. The van der Waals surface area contributed by atoms with Crippen molar-refractivity contribution < 1.29 is 27.8 Å². The molecule has 3 heterocycles. The van der Waals surface area contributed by atoms with Crippen molar-refractivity contribution in [2.24, 2.45) is 5.92 Å². The van der Waals surface area contributed by atoms with Crippen LogP contribution in [-0.2, 0) is 22.4 Å². The first-order valence-electron chi connectivity index (χ1n) is 12.1. The van der Waals surface area contributed by atoms with Crippen LogP contribution in [0.3, 0.4) is 0 Å². The minimum absolute atomic E-state index is 0.252. The van der Waals surface area contributed by atoms with E-state index in [0.29, 0.717) is 24.3 Å². The van der Waals surface area contributed by atoms with Crippen LogP contribution in [0.4, 0.5) is 20.2 Å². The summed E-state index contributed by atoms with van der Waals surface area (Å²) in [6.07, 6.45) is 2.69. The van der Waals surface area contributed by atoms with Gasteiger partial charge in [0.25, 0.3) is 0 Å². The lowest BCUT2D eigenvalue weighted by atomic mass is 9.95. The Balaban J connectivity index is 1.39. The molecule has 5 rings (SSSR count). The highest BCUT2D eigenvalue weighted by Crippen LogP contribution is 2.41. The molecule has 0 bridgehead atoms. The lowest BCUT2D eigenvalue weighted by Gasteiger charge is -2.30. The summed E-state index contributed by atoms with van der Waals surface area (Å²) in [6.45, 7) is -0.437. The Hall–Kier alpha value is -3.40. The normalized spacial score (nSPS) is 22.1. The van der Waals surface area contributed by atoms with E-state index in [1.165, 1.54) is 0 Å². The minimum Gasteiger partial charge on any atom is -0.426 e. The van der Waals surface area contributed by atoms with Crippen molar-refractivity contribution >= 4 is 38.8 Å². The molecule has 0 saturated heterocycles. The number of carbonyl (C=O) groups excluding carboxylic acids is 2. The molecule has 196 valence electrons. The van der Waals surface area contributed by atoms with E-state index in [1.807, 2.05) is 29.7 Å². The second-order valence-corrected chi connectivity index (χ2v) is 11.3. The van der Waals surface area contributed by atoms with Gasteiger partial charge in [-0.25, -0.2) is 8.78 Å². The van der Waals surface area contributed by atoms with E-state index in [9.17, 15) is 18.4 Å². The fraction of sp³-hybridized carbons (Fsp3) is 0.370. The minimum atomic E-state index is -0.676. The molecule has 1 N–H and O–H groups in total. The molecule has 3 aliphatic rings. The molecule has 2 aromatic rings. The van der Waals surface area contributed by atoms with Gasteiger partial charge < -0.3 is 24.6 Å². The van der Waals surface area contributed by atoms with Crippen LogP contribution in [0.15, 0.2) is 48.0 Å². The van der Waals surface area contributed by atoms with Gasteiger partial charge in [0.2, 0.25) is 0 Å². The smallest absolute Gasteiger partial charge is 0.324 e. The molecule has 0 aliphatic carbocycles. The SMILES string of the molecule is CN(CCF)c1ccc2c(c1)OC(=O)C(C1=S(C3Cc4ccc(N(C)CCF)cc4OC3=O)C=CN1)C2. The summed E-state index contributed by atoms with van der Waals surface area (Å²) in [4.78, 5) is 30.5. The van der Waals surface area contributed by atoms with Gasteiger partial charge in [0, 0.05) is 56.9 Å². The molecule has 10 heteroatoms. The highest BCUT2D eigenvalue weighted by molar-refractivity contribution is 8.19. The van der Waals surface area contributed by atoms with Crippen LogP contribution >= 0.6 is 10.5 Å². The van der Waals surface area contributed by atoms with Gasteiger partial charge >= 0.3 is 11.9 Å². The van der Waals surface area contributed by atoms with E-state index in [1.54, 1.807) is 42.2 Å². The van der Waals surface area contributed by atoms with Crippen LogP contribution in [-0.4, -0.2) is 62.7 Å². The van der Waals surface area contributed by atoms with Gasteiger partial charge in [-0.3, -0.25) is 9.59 Å². The fourth-order valence-corrected chi connectivity index (χ4v) is 6.96. The highest BCUT2D eigenvalue weighted by atomic mass is 32.2. The quantitative estimate of drug-likeness (QED) is 0.319. The molecule has 0 saturated carbocycles. The number of benzene rings is 2. The predicted octanol–water partition coefficient (Wildman–Crippen LogP) is 3.58. The number of carbonyl (C=O) groups is 2. The first-order valence-corrected chi connectivity index (χ1v) is 13.5. The average molecular weight is 530 g/mol.